The molecule has 0 aliphatic carbocycles. The summed E-state index contributed by atoms with van der Waals surface area (Å²) in [7, 11) is 0. The molecular formula is C23H27F3N2OS. The van der Waals surface area contributed by atoms with Crippen LogP contribution in [0.15, 0.2) is 52.3 Å². The van der Waals surface area contributed by atoms with E-state index in [1.807, 2.05) is 29.2 Å². The first-order chi connectivity index (χ1) is 14.5. The van der Waals surface area contributed by atoms with Crippen molar-refractivity contribution in [2.45, 2.75) is 41.7 Å². The number of likely N-dealkylation sites (tertiary alicyclic amines) is 1. The predicted octanol–water partition coefficient (Wildman–Crippen LogP) is 5.79. The zero-order valence-electron chi connectivity index (χ0n) is 16.9. The minimum absolute atomic E-state index is 0.256. The van der Waals surface area contributed by atoms with Gasteiger partial charge in [-0.15, -0.1) is 0 Å². The third-order valence-electron chi connectivity index (χ3n) is 6.08. The zero-order valence-corrected chi connectivity index (χ0v) is 17.7. The van der Waals surface area contributed by atoms with Crippen molar-refractivity contribution in [3.05, 3.63) is 48.0 Å². The number of alkyl halides is 3. The second-order valence-electron chi connectivity index (χ2n) is 8.02. The Bertz CT molecular complexity index is 866. The Morgan fingerprint density at radius 1 is 0.967 bits per heavy atom. The Morgan fingerprint density at radius 2 is 1.70 bits per heavy atom. The molecular weight excluding hydrogens is 409 g/mol. The summed E-state index contributed by atoms with van der Waals surface area (Å²) in [6, 6.07) is 12.2. The third-order valence-corrected chi connectivity index (χ3v) is 7.27. The molecule has 1 fully saturated rings. The molecule has 0 amide bonds. The van der Waals surface area contributed by atoms with Crippen molar-refractivity contribution in [2.24, 2.45) is 5.92 Å². The SMILES string of the molecule is OCCCC1CCN(CCN2c3ccccc3Sc3c2cccc3C(F)(F)F)CC1. The maximum absolute atomic E-state index is 13.6. The Kier molecular flexibility index (Phi) is 6.60. The Balaban J connectivity index is 1.52. The summed E-state index contributed by atoms with van der Waals surface area (Å²) in [5.41, 5.74) is 1.06. The third kappa shape index (κ3) is 4.63. The first-order valence-corrected chi connectivity index (χ1v) is 11.4. The summed E-state index contributed by atoms with van der Waals surface area (Å²) in [5.74, 6) is 0.676. The van der Waals surface area contributed by atoms with E-state index in [1.54, 1.807) is 6.07 Å². The van der Waals surface area contributed by atoms with E-state index in [4.69, 9.17) is 5.11 Å². The number of hydrogen-bond donors (Lipinski definition) is 1. The van der Waals surface area contributed by atoms with E-state index in [2.05, 4.69) is 4.90 Å². The van der Waals surface area contributed by atoms with Crippen LogP contribution in [0.5, 0.6) is 0 Å². The van der Waals surface area contributed by atoms with Crippen molar-refractivity contribution in [3.63, 3.8) is 0 Å². The maximum Gasteiger partial charge on any atom is 0.417 e. The molecule has 162 valence electrons. The molecule has 3 nitrogen and oxygen atoms in total. The van der Waals surface area contributed by atoms with Gasteiger partial charge in [0.15, 0.2) is 0 Å². The van der Waals surface area contributed by atoms with Crippen LogP contribution in [0.2, 0.25) is 0 Å². The Morgan fingerprint density at radius 3 is 2.43 bits per heavy atom. The highest BCUT2D eigenvalue weighted by atomic mass is 32.2. The minimum atomic E-state index is -4.37. The molecule has 1 N–H and O–H groups in total. The molecule has 7 heteroatoms. The number of aliphatic hydroxyl groups is 1. The molecule has 4 rings (SSSR count). The number of fused-ring (bicyclic) bond motifs is 2. The monoisotopic (exact) mass is 436 g/mol. The van der Waals surface area contributed by atoms with Crippen molar-refractivity contribution in [2.75, 3.05) is 37.7 Å². The van der Waals surface area contributed by atoms with Gasteiger partial charge in [0.25, 0.3) is 0 Å². The van der Waals surface area contributed by atoms with Gasteiger partial charge in [0.2, 0.25) is 0 Å². The number of benzene rings is 2. The molecule has 2 aliphatic rings. The van der Waals surface area contributed by atoms with E-state index in [1.165, 1.54) is 23.9 Å². The number of rotatable bonds is 6. The van der Waals surface area contributed by atoms with Gasteiger partial charge in [0.05, 0.1) is 16.9 Å². The fourth-order valence-corrected chi connectivity index (χ4v) is 5.66. The fourth-order valence-electron chi connectivity index (χ4n) is 4.44. The lowest BCUT2D eigenvalue weighted by Gasteiger charge is -2.37. The molecule has 0 radical (unpaired) electrons. The molecule has 2 aliphatic heterocycles. The molecule has 0 spiro atoms. The molecule has 2 aromatic carbocycles. The van der Waals surface area contributed by atoms with Gasteiger partial charge in [0, 0.05) is 29.5 Å². The van der Waals surface area contributed by atoms with Crippen LogP contribution in [0.25, 0.3) is 0 Å². The Hall–Kier alpha value is -1.70. The molecule has 0 aromatic heterocycles. The number of nitrogens with zero attached hydrogens (tertiary/aromatic N) is 2. The average Bonchev–Trinajstić information content (AvgIpc) is 2.75. The molecule has 0 unspecified atom stereocenters. The number of hydrogen-bond acceptors (Lipinski definition) is 4. The topological polar surface area (TPSA) is 26.7 Å². The predicted molar refractivity (Wildman–Crippen MR) is 114 cm³/mol. The van der Waals surface area contributed by atoms with Crippen molar-refractivity contribution >= 4 is 23.1 Å². The highest BCUT2D eigenvalue weighted by Gasteiger charge is 2.37. The van der Waals surface area contributed by atoms with Gasteiger partial charge >= 0.3 is 6.18 Å². The van der Waals surface area contributed by atoms with Gasteiger partial charge in [-0.3, -0.25) is 0 Å². The van der Waals surface area contributed by atoms with Crippen molar-refractivity contribution in [3.8, 4) is 0 Å². The summed E-state index contributed by atoms with van der Waals surface area (Å²) >= 11 is 1.21. The van der Waals surface area contributed by atoms with E-state index in [9.17, 15) is 13.2 Å². The first kappa shape index (κ1) is 21.5. The lowest BCUT2D eigenvalue weighted by atomic mass is 9.92. The highest BCUT2D eigenvalue weighted by Crippen LogP contribution is 2.52. The second-order valence-corrected chi connectivity index (χ2v) is 9.08. The van der Waals surface area contributed by atoms with Gasteiger partial charge in [-0.05, 0) is 69.0 Å². The lowest BCUT2D eigenvalue weighted by Crippen LogP contribution is -2.39. The van der Waals surface area contributed by atoms with Gasteiger partial charge in [-0.2, -0.15) is 13.2 Å². The van der Waals surface area contributed by atoms with E-state index in [0.29, 0.717) is 23.0 Å². The van der Waals surface area contributed by atoms with Crippen LogP contribution < -0.4 is 4.90 Å². The zero-order chi connectivity index (χ0) is 21.1. The van der Waals surface area contributed by atoms with Crippen molar-refractivity contribution < 1.29 is 18.3 Å². The van der Waals surface area contributed by atoms with Crippen LogP contribution in [-0.4, -0.2) is 42.8 Å². The normalized spacial score (nSPS) is 17.7. The van der Waals surface area contributed by atoms with Crippen LogP contribution in [0.4, 0.5) is 24.5 Å². The van der Waals surface area contributed by atoms with Gasteiger partial charge in [-0.25, -0.2) is 0 Å². The van der Waals surface area contributed by atoms with Gasteiger partial charge in [-0.1, -0.05) is 30.0 Å². The van der Waals surface area contributed by atoms with E-state index in [0.717, 1.165) is 55.9 Å². The number of para-hydroxylation sites is 1. The smallest absolute Gasteiger partial charge is 0.396 e. The van der Waals surface area contributed by atoms with Crippen LogP contribution in [-0.2, 0) is 6.18 Å². The summed E-state index contributed by atoms with van der Waals surface area (Å²) in [6.45, 7) is 3.76. The van der Waals surface area contributed by atoms with Gasteiger partial charge in [0.1, 0.15) is 0 Å². The quantitative estimate of drug-likeness (QED) is 0.620. The first-order valence-electron chi connectivity index (χ1n) is 10.5. The van der Waals surface area contributed by atoms with Crippen molar-refractivity contribution in [1.82, 2.24) is 4.90 Å². The van der Waals surface area contributed by atoms with E-state index in [-0.39, 0.29) is 6.61 Å². The second kappa shape index (κ2) is 9.20. The van der Waals surface area contributed by atoms with Crippen molar-refractivity contribution in [1.29, 1.82) is 0 Å². The number of halogens is 3. The molecule has 1 saturated heterocycles. The standard InChI is InChI=1S/C23H27F3N2OS/c24-23(25,26)18-6-3-8-20-22(18)30-21-9-2-1-7-19(21)28(20)15-14-27-12-10-17(11-13-27)5-4-16-29/h1-3,6-9,17,29H,4-5,10-16H2. The summed E-state index contributed by atoms with van der Waals surface area (Å²) in [5, 5.41) is 9.02. The van der Waals surface area contributed by atoms with Crippen LogP contribution in [0, 0.1) is 5.92 Å². The summed E-state index contributed by atoms with van der Waals surface area (Å²) in [4.78, 5) is 5.62. The van der Waals surface area contributed by atoms with E-state index >= 15 is 0 Å². The molecule has 0 bridgehead atoms. The summed E-state index contributed by atoms with van der Waals surface area (Å²) in [6.07, 6.45) is -0.172. The van der Waals surface area contributed by atoms with Crippen LogP contribution in [0.1, 0.15) is 31.2 Å². The number of aliphatic hydroxyl groups excluding tert-OH is 1. The van der Waals surface area contributed by atoms with E-state index < -0.39 is 11.7 Å². The molecule has 2 aromatic rings. The van der Waals surface area contributed by atoms with Gasteiger partial charge < -0.3 is 14.9 Å². The lowest BCUT2D eigenvalue weighted by molar-refractivity contribution is -0.139. The van der Waals surface area contributed by atoms with Crippen LogP contribution in [0.3, 0.4) is 0 Å². The molecule has 2 heterocycles. The fraction of sp³-hybridized carbons (Fsp3) is 0.478. The molecule has 0 atom stereocenters. The number of anilines is 2. The minimum Gasteiger partial charge on any atom is -0.396 e. The average molecular weight is 437 g/mol. The molecule has 30 heavy (non-hydrogen) atoms. The molecule has 0 saturated carbocycles. The maximum atomic E-state index is 13.6. The number of piperidine rings is 1. The largest absolute Gasteiger partial charge is 0.417 e. The highest BCUT2D eigenvalue weighted by molar-refractivity contribution is 7.99. The Labute approximate surface area is 179 Å². The summed E-state index contributed by atoms with van der Waals surface area (Å²) < 4.78 is 40.9. The van der Waals surface area contributed by atoms with Crippen LogP contribution >= 0.6 is 11.8 Å².